The van der Waals surface area contributed by atoms with Crippen LogP contribution in [0.3, 0.4) is 0 Å². The number of rotatable bonds is 6. The number of benzene rings is 3. The lowest BCUT2D eigenvalue weighted by Gasteiger charge is -2.36. The smallest absolute Gasteiger partial charge is 0.300 e. The molecule has 0 aliphatic heterocycles. The van der Waals surface area contributed by atoms with Gasteiger partial charge in [0, 0.05) is 12.0 Å². The third-order valence-corrected chi connectivity index (χ3v) is 6.17. The van der Waals surface area contributed by atoms with Gasteiger partial charge >= 0.3 is 11.4 Å². The molecule has 0 bridgehead atoms. The number of fused-ring (bicyclic) bond motifs is 1. The largest absolute Gasteiger partial charge is 0.330 e. The van der Waals surface area contributed by atoms with E-state index in [-0.39, 0.29) is 17.7 Å². The highest BCUT2D eigenvalue weighted by Crippen LogP contribution is 2.42. The highest BCUT2D eigenvalue weighted by molar-refractivity contribution is 5.67. The van der Waals surface area contributed by atoms with Crippen molar-refractivity contribution < 1.29 is 0 Å². The minimum Gasteiger partial charge on any atom is -0.300 e. The van der Waals surface area contributed by atoms with Crippen molar-refractivity contribution in [1.29, 1.82) is 0 Å². The third-order valence-electron chi connectivity index (χ3n) is 6.17. The van der Waals surface area contributed by atoms with Gasteiger partial charge in [-0.2, -0.15) is 0 Å². The Bertz CT molecular complexity index is 1470. The Morgan fingerprint density at radius 2 is 1.12 bits per heavy atom. The summed E-state index contributed by atoms with van der Waals surface area (Å²) in [5, 5.41) is 0. The van der Waals surface area contributed by atoms with E-state index in [0.717, 1.165) is 21.3 Å². The lowest BCUT2D eigenvalue weighted by atomic mass is 9.67. The molecule has 0 amide bonds. The minimum atomic E-state index is -0.601. The number of imidazole rings is 1. The summed E-state index contributed by atoms with van der Waals surface area (Å²) in [5.41, 5.74) is 1.10. The molecule has 0 atom stereocenters. The van der Waals surface area contributed by atoms with Crippen molar-refractivity contribution in [3.05, 3.63) is 139 Å². The maximum absolute atomic E-state index is 13.0. The van der Waals surface area contributed by atoms with Crippen LogP contribution < -0.4 is 16.9 Å². The van der Waals surface area contributed by atoms with Gasteiger partial charge < -0.3 is 0 Å². The normalized spacial score (nSPS) is 11.6. The molecule has 0 radical (unpaired) electrons. The topological polar surface area (TPSA) is 104 Å². The zero-order valence-electron chi connectivity index (χ0n) is 17.7. The van der Waals surface area contributed by atoms with Gasteiger partial charge in [-0.25, -0.2) is 9.59 Å². The van der Waals surface area contributed by atoms with Crippen LogP contribution in [0.15, 0.2) is 105 Å². The first-order valence-corrected chi connectivity index (χ1v) is 10.7. The Hall–Kier alpha value is -4.39. The molecule has 33 heavy (non-hydrogen) atoms. The van der Waals surface area contributed by atoms with Gasteiger partial charge in [0.25, 0.3) is 5.56 Å². The minimum absolute atomic E-state index is 0.0596. The van der Waals surface area contributed by atoms with Gasteiger partial charge in [0.1, 0.15) is 5.65 Å². The van der Waals surface area contributed by atoms with Gasteiger partial charge in [-0.15, -0.1) is 0 Å². The molecule has 2 aromatic heterocycles. The molecule has 5 rings (SSSR count). The molecule has 0 aliphatic rings. The van der Waals surface area contributed by atoms with Crippen LogP contribution in [-0.4, -0.2) is 19.5 Å². The number of nitrogens with zero attached hydrogens (tertiary/aromatic N) is 1. The average Bonchev–Trinajstić information content (AvgIpc) is 3.23. The first-order valence-electron chi connectivity index (χ1n) is 10.7. The molecule has 0 saturated heterocycles. The summed E-state index contributed by atoms with van der Waals surface area (Å²) < 4.78 is 1.15. The summed E-state index contributed by atoms with van der Waals surface area (Å²) in [6, 6.07) is 30.3. The van der Waals surface area contributed by atoms with E-state index in [2.05, 4.69) is 51.4 Å². The van der Waals surface area contributed by atoms with Gasteiger partial charge in [0.05, 0.1) is 0 Å². The summed E-state index contributed by atoms with van der Waals surface area (Å²) in [7, 11) is 0. The Morgan fingerprint density at radius 3 is 1.61 bits per heavy atom. The van der Waals surface area contributed by atoms with Crippen LogP contribution in [0.5, 0.6) is 0 Å². The van der Waals surface area contributed by atoms with E-state index in [9.17, 15) is 14.4 Å². The molecule has 3 N–H and O–H groups in total. The van der Waals surface area contributed by atoms with Crippen LogP contribution in [0.4, 0.5) is 0 Å². The maximum Gasteiger partial charge on any atom is 0.330 e. The van der Waals surface area contributed by atoms with E-state index in [1.54, 1.807) is 0 Å². The molecule has 2 heterocycles. The maximum atomic E-state index is 13.0. The zero-order chi connectivity index (χ0) is 22.8. The number of hydrogen-bond acceptors (Lipinski definition) is 3. The van der Waals surface area contributed by atoms with Crippen LogP contribution in [-0.2, 0) is 12.0 Å². The fraction of sp³-hybridized carbons (Fsp3) is 0.115. The van der Waals surface area contributed by atoms with E-state index >= 15 is 0 Å². The highest BCUT2D eigenvalue weighted by Gasteiger charge is 2.36. The Morgan fingerprint density at radius 1 is 0.636 bits per heavy atom. The molecule has 5 aromatic rings. The number of H-pyrrole nitrogens is 3. The van der Waals surface area contributed by atoms with Crippen molar-refractivity contribution in [2.24, 2.45) is 0 Å². The molecule has 7 nitrogen and oxygen atoms in total. The predicted molar refractivity (Wildman–Crippen MR) is 128 cm³/mol. The second kappa shape index (κ2) is 8.27. The quantitative estimate of drug-likeness (QED) is 0.355. The molecule has 0 aliphatic carbocycles. The molecular formula is C26H22N4O3. The Labute approximate surface area is 188 Å². The molecule has 0 fully saturated rings. The summed E-state index contributed by atoms with van der Waals surface area (Å²) in [5.74, 6) is 0. The van der Waals surface area contributed by atoms with Gasteiger partial charge in [-0.3, -0.25) is 24.3 Å². The van der Waals surface area contributed by atoms with Crippen molar-refractivity contribution in [2.75, 3.05) is 0 Å². The van der Waals surface area contributed by atoms with Crippen molar-refractivity contribution in [2.45, 2.75) is 18.4 Å². The Kier molecular flexibility index (Phi) is 5.14. The lowest BCUT2D eigenvalue weighted by Crippen LogP contribution is -2.39. The van der Waals surface area contributed by atoms with Gasteiger partial charge in [-0.05, 0) is 23.1 Å². The van der Waals surface area contributed by atoms with Gasteiger partial charge in [0.15, 0.2) is 5.52 Å². The third kappa shape index (κ3) is 3.53. The first-order chi connectivity index (χ1) is 16.1. The SMILES string of the molecule is O=c1[nH]c2[nH]c(=O)n(CCC(c3ccccc3)(c3ccccc3)c3ccccc3)c(=O)c2[nH]1. The number of aromatic nitrogens is 4. The van der Waals surface area contributed by atoms with Crippen molar-refractivity contribution in [1.82, 2.24) is 19.5 Å². The second-order valence-electron chi connectivity index (χ2n) is 7.97. The Balaban J connectivity index is 1.71. The van der Waals surface area contributed by atoms with Gasteiger partial charge in [0.2, 0.25) is 0 Å². The summed E-state index contributed by atoms with van der Waals surface area (Å²) in [6.45, 7) is 0.149. The van der Waals surface area contributed by atoms with Crippen LogP contribution in [0, 0.1) is 0 Å². The second-order valence-corrected chi connectivity index (χ2v) is 7.97. The summed E-state index contributed by atoms with van der Waals surface area (Å²) in [6.07, 6.45) is 0.453. The monoisotopic (exact) mass is 438 g/mol. The molecular weight excluding hydrogens is 416 g/mol. The molecule has 0 unspecified atom stereocenters. The van der Waals surface area contributed by atoms with E-state index < -0.39 is 22.4 Å². The molecule has 164 valence electrons. The predicted octanol–water partition coefficient (Wildman–Crippen LogP) is 3.13. The van der Waals surface area contributed by atoms with Crippen molar-refractivity contribution >= 4 is 11.2 Å². The fourth-order valence-corrected chi connectivity index (χ4v) is 4.62. The van der Waals surface area contributed by atoms with Crippen molar-refractivity contribution in [3.8, 4) is 0 Å². The molecule has 7 heteroatoms. The fourth-order valence-electron chi connectivity index (χ4n) is 4.62. The van der Waals surface area contributed by atoms with E-state index in [4.69, 9.17) is 0 Å². The zero-order valence-corrected chi connectivity index (χ0v) is 17.7. The molecule has 0 saturated carbocycles. The summed E-state index contributed by atoms with van der Waals surface area (Å²) in [4.78, 5) is 45.0. The number of hydrogen-bond donors (Lipinski definition) is 3. The van der Waals surface area contributed by atoms with Crippen LogP contribution in [0.1, 0.15) is 23.1 Å². The molecule has 3 aromatic carbocycles. The lowest BCUT2D eigenvalue weighted by molar-refractivity contribution is 0.481. The summed E-state index contributed by atoms with van der Waals surface area (Å²) >= 11 is 0. The average molecular weight is 438 g/mol. The van der Waals surface area contributed by atoms with Crippen molar-refractivity contribution in [3.63, 3.8) is 0 Å². The number of nitrogens with one attached hydrogen (secondary N) is 3. The first kappa shape index (κ1) is 20.5. The standard InChI is InChI=1S/C26H22N4O3/c31-23-21-22(28-24(32)27-21)29-25(33)30(23)17-16-26(18-10-4-1-5-11-18,19-12-6-2-7-13-19)20-14-8-3-9-15-20/h1-15H,16-17H2,(H,29,33)(H2,27,28,32). The highest BCUT2D eigenvalue weighted by atomic mass is 16.2. The van der Waals surface area contributed by atoms with E-state index in [1.807, 2.05) is 54.6 Å². The van der Waals surface area contributed by atoms with Crippen LogP contribution >= 0.6 is 0 Å². The van der Waals surface area contributed by atoms with E-state index in [1.165, 1.54) is 0 Å². The van der Waals surface area contributed by atoms with E-state index in [0.29, 0.717) is 6.42 Å². The van der Waals surface area contributed by atoms with Gasteiger partial charge in [-0.1, -0.05) is 91.0 Å². The van der Waals surface area contributed by atoms with Crippen LogP contribution in [0.2, 0.25) is 0 Å². The molecule has 0 spiro atoms. The van der Waals surface area contributed by atoms with Crippen LogP contribution in [0.25, 0.3) is 11.2 Å². The number of aromatic amines is 3.